The Bertz CT molecular complexity index is 1240. The fourth-order valence-corrected chi connectivity index (χ4v) is 3.80. The van der Waals surface area contributed by atoms with Crippen molar-refractivity contribution < 1.29 is 19.3 Å². The van der Waals surface area contributed by atoms with Crippen LogP contribution in [0.15, 0.2) is 79.0 Å². The molecule has 0 amide bonds. The first-order chi connectivity index (χ1) is 18.1. The van der Waals surface area contributed by atoms with Crippen molar-refractivity contribution in [1.29, 1.82) is 0 Å². The van der Waals surface area contributed by atoms with E-state index in [9.17, 15) is 5.11 Å². The topological polar surface area (TPSA) is 77.8 Å². The van der Waals surface area contributed by atoms with Gasteiger partial charge in [-0.25, -0.2) is 4.98 Å². The predicted octanol–water partition coefficient (Wildman–Crippen LogP) is 5.87. The van der Waals surface area contributed by atoms with E-state index in [4.69, 9.17) is 30.8 Å². The first kappa shape index (κ1) is 26.7. The Labute approximate surface area is 222 Å². The SMILES string of the molecule is CCNC[C@@H](O)COc1ccc(-c2cn(-c3ccc(Oc4ccc(Cl)cc4)cc3)c(COCC)n2)cc1. The second kappa shape index (κ2) is 13.3. The summed E-state index contributed by atoms with van der Waals surface area (Å²) in [4.78, 5) is 4.84. The number of aliphatic hydroxyl groups excluding tert-OH is 1. The lowest BCUT2D eigenvalue weighted by atomic mass is 10.1. The lowest BCUT2D eigenvalue weighted by molar-refractivity contribution is 0.107. The van der Waals surface area contributed by atoms with Crippen LogP contribution >= 0.6 is 11.6 Å². The number of benzene rings is 3. The van der Waals surface area contributed by atoms with E-state index in [-0.39, 0.29) is 6.61 Å². The molecule has 0 unspecified atom stereocenters. The van der Waals surface area contributed by atoms with Gasteiger partial charge in [0, 0.05) is 35.6 Å². The van der Waals surface area contributed by atoms with E-state index >= 15 is 0 Å². The molecule has 0 saturated carbocycles. The molecule has 8 heteroatoms. The third-order valence-electron chi connectivity index (χ3n) is 5.60. The van der Waals surface area contributed by atoms with E-state index in [1.165, 1.54) is 0 Å². The highest BCUT2D eigenvalue weighted by atomic mass is 35.5. The lowest BCUT2D eigenvalue weighted by Gasteiger charge is -2.12. The van der Waals surface area contributed by atoms with Crippen LogP contribution in [-0.2, 0) is 11.3 Å². The highest BCUT2D eigenvalue weighted by molar-refractivity contribution is 6.30. The van der Waals surface area contributed by atoms with Crippen LogP contribution in [0.2, 0.25) is 5.02 Å². The second-order valence-electron chi connectivity index (χ2n) is 8.40. The molecule has 0 aliphatic heterocycles. The van der Waals surface area contributed by atoms with Gasteiger partial charge in [-0.05, 0) is 86.3 Å². The molecular formula is C29H32ClN3O4. The Hall–Kier alpha value is -3.36. The molecule has 37 heavy (non-hydrogen) atoms. The summed E-state index contributed by atoms with van der Waals surface area (Å²) < 4.78 is 19.3. The number of aliphatic hydroxyl groups is 1. The molecule has 4 aromatic rings. The van der Waals surface area contributed by atoms with E-state index in [1.54, 1.807) is 12.1 Å². The second-order valence-corrected chi connectivity index (χ2v) is 8.83. The molecule has 194 valence electrons. The number of aromatic nitrogens is 2. The molecule has 0 radical (unpaired) electrons. The molecule has 0 bridgehead atoms. The Morgan fingerprint density at radius 1 is 0.919 bits per heavy atom. The summed E-state index contributed by atoms with van der Waals surface area (Å²) in [5.74, 6) is 2.95. The van der Waals surface area contributed by atoms with Crippen molar-refractivity contribution in [1.82, 2.24) is 14.9 Å². The molecule has 0 aliphatic carbocycles. The summed E-state index contributed by atoms with van der Waals surface area (Å²) in [5.41, 5.74) is 2.74. The summed E-state index contributed by atoms with van der Waals surface area (Å²) in [7, 11) is 0. The zero-order valence-electron chi connectivity index (χ0n) is 21.1. The average molecular weight is 522 g/mol. The van der Waals surface area contributed by atoms with Gasteiger partial charge in [-0.2, -0.15) is 0 Å². The van der Waals surface area contributed by atoms with Gasteiger partial charge in [0.25, 0.3) is 0 Å². The van der Waals surface area contributed by atoms with Crippen molar-refractivity contribution in [3.05, 3.63) is 89.8 Å². The molecule has 0 fully saturated rings. The number of halogens is 1. The maximum atomic E-state index is 9.96. The normalized spacial score (nSPS) is 11.9. The third kappa shape index (κ3) is 7.57. The first-order valence-corrected chi connectivity index (χ1v) is 12.8. The van der Waals surface area contributed by atoms with Crippen LogP contribution in [0, 0.1) is 0 Å². The number of likely N-dealkylation sites (N-methyl/N-ethyl adjacent to an activating group) is 1. The minimum Gasteiger partial charge on any atom is -0.491 e. The summed E-state index contributed by atoms with van der Waals surface area (Å²) in [6.45, 7) is 6.50. The van der Waals surface area contributed by atoms with Gasteiger partial charge >= 0.3 is 0 Å². The summed E-state index contributed by atoms with van der Waals surface area (Å²) in [6.07, 6.45) is 1.44. The predicted molar refractivity (Wildman–Crippen MR) is 146 cm³/mol. The first-order valence-electron chi connectivity index (χ1n) is 12.4. The standard InChI is InChI=1S/C29H32ClN3O4/c1-3-31-17-24(34)19-36-25-11-5-21(6-12-25)28-18-33(29(32-28)20-35-4-2)23-9-15-27(16-10-23)37-26-13-7-22(30)8-14-26/h5-16,18,24,31,34H,3-4,17,19-20H2,1-2H3/t24-/m1/s1. The van der Waals surface area contributed by atoms with Gasteiger partial charge in [0.05, 0.1) is 5.69 Å². The Morgan fingerprint density at radius 2 is 1.57 bits per heavy atom. The maximum Gasteiger partial charge on any atom is 0.140 e. The Kier molecular flexibility index (Phi) is 9.57. The van der Waals surface area contributed by atoms with Crippen LogP contribution in [-0.4, -0.2) is 47.1 Å². The number of imidazole rings is 1. The molecule has 3 aromatic carbocycles. The van der Waals surface area contributed by atoms with Crippen LogP contribution in [0.3, 0.4) is 0 Å². The van der Waals surface area contributed by atoms with Crippen LogP contribution in [0.1, 0.15) is 19.7 Å². The maximum absolute atomic E-state index is 9.96. The number of nitrogens with zero attached hydrogens (tertiary/aromatic N) is 2. The van der Waals surface area contributed by atoms with Gasteiger partial charge in [0.2, 0.25) is 0 Å². The number of nitrogens with one attached hydrogen (secondary N) is 1. The largest absolute Gasteiger partial charge is 0.491 e. The minimum absolute atomic E-state index is 0.233. The van der Waals surface area contributed by atoms with Gasteiger partial charge in [0.1, 0.15) is 42.4 Å². The minimum atomic E-state index is -0.556. The van der Waals surface area contributed by atoms with Crippen molar-refractivity contribution in [2.75, 3.05) is 26.3 Å². The van der Waals surface area contributed by atoms with Crippen molar-refractivity contribution >= 4 is 11.6 Å². The van der Waals surface area contributed by atoms with Crippen LogP contribution in [0.4, 0.5) is 0 Å². The van der Waals surface area contributed by atoms with E-state index in [0.717, 1.165) is 40.8 Å². The molecule has 1 atom stereocenters. The number of hydrogen-bond acceptors (Lipinski definition) is 6. The fourth-order valence-electron chi connectivity index (χ4n) is 3.67. The van der Waals surface area contributed by atoms with Gasteiger partial charge in [-0.15, -0.1) is 0 Å². The van der Waals surface area contributed by atoms with Gasteiger partial charge in [-0.1, -0.05) is 18.5 Å². The van der Waals surface area contributed by atoms with Crippen LogP contribution in [0.5, 0.6) is 17.2 Å². The summed E-state index contributed by atoms with van der Waals surface area (Å²) in [5, 5.41) is 13.7. The average Bonchev–Trinajstić information content (AvgIpc) is 3.35. The Morgan fingerprint density at radius 3 is 2.22 bits per heavy atom. The highest BCUT2D eigenvalue weighted by Crippen LogP contribution is 2.27. The molecule has 0 aliphatic rings. The quantitative estimate of drug-likeness (QED) is 0.229. The van der Waals surface area contributed by atoms with E-state index in [2.05, 4.69) is 5.32 Å². The number of ether oxygens (including phenoxy) is 3. The fraction of sp³-hybridized carbons (Fsp3) is 0.276. The number of rotatable bonds is 13. The molecule has 7 nitrogen and oxygen atoms in total. The van der Waals surface area contributed by atoms with Gasteiger partial charge < -0.3 is 29.2 Å². The molecule has 1 heterocycles. The summed E-state index contributed by atoms with van der Waals surface area (Å²) >= 11 is 5.96. The lowest BCUT2D eigenvalue weighted by Crippen LogP contribution is -2.31. The molecular weight excluding hydrogens is 490 g/mol. The van der Waals surface area contributed by atoms with Gasteiger partial charge in [-0.3, -0.25) is 0 Å². The van der Waals surface area contributed by atoms with Crippen molar-refractivity contribution in [2.45, 2.75) is 26.6 Å². The van der Waals surface area contributed by atoms with Crippen LogP contribution in [0.25, 0.3) is 16.9 Å². The zero-order chi connectivity index (χ0) is 26.0. The summed E-state index contributed by atoms with van der Waals surface area (Å²) in [6, 6.07) is 22.8. The molecule has 1 aromatic heterocycles. The van der Waals surface area contributed by atoms with E-state index in [1.807, 2.05) is 85.3 Å². The third-order valence-corrected chi connectivity index (χ3v) is 5.85. The zero-order valence-corrected chi connectivity index (χ0v) is 21.8. The van der Waals surface area contributed by atoms with Crippen molar-refractivity contribution in [3.63, 3.8) is 0 Å². The molecule has 2 N–H and O–H groups in total. The molecule has 4 rings (SSSR count). The molecule has 0 spiro atoms. The van der Waals surface area contributed by atoms with Crippen molar-refractivity contribution in [3.8, 4) is 34.2 Å². The smallest absolute Gasteiger partial charge is 0.140 e. The highest BCUT2D eigenvalue weighted by Gasteiger charge is 2.13. The van der Waals surface area contributed by atoms with E-state index < -0.39 is 6.10 Å². The molecule has 0 saturated heterocycles. The van der Waals surface area contributed by atoms with E-state index in [0.29, 0.717) is 30.5 Å². The van der Waals surface area contributed by atoms with Gasteiger partial charge in [0.15, 0.2) is 0 Å². The van der Waals surface area contributed by atoms with Crippen LogP contribution < -0.4 is 14.8 Å². The monoisotopic (exact) mass is 521 g/mol. The Balaban J connectivity index is 1.48. The number of hydrogen-bond donors (Lipinski definition) is 2. The van der Waals surface area contributed by atoms with Crippen molar-refractivity contribution in [2.24, 2.45) is 0 Å².